The average Bonchev–Trinajstić information content (AvgIpc) is 3.00. The Hall–Kier alpha value is -5.35. The van der Waals surface area contributed by atoms with Gasteiger partial charge in [-0.2, -0.15) is 10.5 Å². The number of nitrogen functional groups attached to an aromatic ring is 1. The number of carbonyl (C=O) groups excluding carboxylic acids is 2. The molecule has 0 saturated carbocycles. The number of methoxy groups -OCH3 is 2. The molecule has 1 unspecified atom stereocenters. The third kappa shape index (κ3) is 5.23. The number of hydrogen-bond acceptors (Lipinski definition) is 10. The van der Waals surface area contributed by atoms with Crippen molar-refractivity contribution in [3.8, 4) is 34.8 Å². The minimum atomic E-state index is -1.71. The molecule has 0 aliphatic heterocycles. The molecular weight excluding hydrogens is 536 g/mol. The molecule has 0 spiro atoms. The first-order valence-corrected chi connectivity index (χ1v) is 13.3. The van der Waals surface area contributed by atoms with Crippen LogP contribution in [0.25, 0.3) is 22.3 Å². The largest absolute Gasteiger partial charge is 0.497 e. The van der Waals surface area contributed by atoms with Crippen molar-refractivity contribution < 1.29 is 28.5 Å². The zero-order valence-electron chi connectivity index (χ0n) is 23.8. The van der Waals surface area contributed by atoms with E-state index in [9.17, 15) is 20.1 Å². The van der Waals surface area contributed by atoms with E-state index >= 15 is 0 Å². The summed E-state index contributed by atoms with van der Waals surface area (Å²) in [5, 5.41) is 20.7. The van der Waals surface area contributed by atoms with Crippen molar-refractivity contribution in [2.24, 2.45) is 0 Å². The molecule has 10 heteroatoms. The number of nitrogens with two attached hydrogens (primary N) is 1. The number of aromatic nitrogens is 1. The monoisotopic (exact) mass is 566 g/mol. The summed E-state index contributed by atoms with van der Waals surface area (Å²) >= 11 is 0. The van der Waals surface area contributed by atoms with Crippen LogP contribution in [0.4, 0.5) is 5.82 Å². The molecule has 3 aromatic rings. The van der Waals surface area contributed by atoms with Crippen molar-refractivity contribution in [2.75, 3.05) is 33.2 Å². The predicted octanol–water partition coefficient (Wildman–Crippen LogP) is 4.81. The van der Waals surface area contributed by atoms with Gasteiger partial charge in [0.15, 0.2) is 0 Å². The van der Waals surface area contributed by atoms with Crippen LogP contribution in [-0.2, 0) is 24.5 Å². The molecule has 1 heterocycles. The van der Waals surface area contributed by atoms with Crippen molar-refractivity contribution >= 4 is 28.9 Å². The second-order valence-electron chi connectivity index (χ2n) is 9.47. The molecule has 1 aliphatic carbocycles. The quantitative estimate of drug-likeness (QED) is 0.356. The SMILES string of the molecule is CCOC(=O)CC1(C(=O)OCC)CC(c2ccc(OC)cc2)=C(C#N)c2nc(N)c(C#N)c(-c3ccc(OC)cc3)c21. The summed E-state index contributed by atoms with van der Waals surface area (Å²) in [6.07, 6.45) is -0.531. The van der Waals surface area contributed by atoms with Crippen molar-refractivity contribution in [3.05, 3.63) is 70.9 Å². The third-order valence-electron chi connectivity index (χ3n) is 7.18. The summed E-state index contributed by atoms with van der Waals surface area (Å²) in [5.74, 6) is -0.329. The molecule has 10 nitrogen and oxygen atoms in total. The Balaban J connectivity index is 2.19. The fourth-order valence-corrected chi connectivity index (χ4v) is 5.32. The molecule has 1 atom stereocenters. The van der Waals surface area contributed by atoms with Crippen LogP contribution in [0.5, 0.6) is 11.5 Å². The molecule has 214 valence electrons. The smallest absolute Gasteiger partial charge is 0.317 e. The van der Waals surface area contributed by atoms with E-state index in [2.05, 4.69) is 17.1 Å². The van der Waals surface area contributed by atoms with Gasteiger partial charge >= 0.3 is 11.9 Å². The Kier molecular flexibility index (Phi) is 8.78. The number of nitrogens with zero attached hydrogens (tertiary/aromatic N) is 3. The van der Waals surface area contributed by atoms with Gasteiger partial charge in [-0.25, -0.2) is 4.98 Å². The van der Waals surface area contributed by atoms with Crippen LogP contribution in [0.3, 0.4) is 0 Å². The van der Waals surface area contributed by atoms with Crippen LogP contribution in [-0.4, -0.2) is 44.4 Å². The minimum Gasteiger partial charge on any atom is -0.497 e. The zero-order chi connectivity index (χ0) is 30.4. The van der Waals surface area contributed by atoms with Gasteiger partial charge in [0.1, 0.15) is 40.4 Å². The molecule has 0 amide bonds. The number of fused-ring (bicyclic) bond motifs is 1. The number of nitriles is 2. The van der Waals surface area contributed by atoms with E-state index in [-0.39, 0.29) is 53.4 Å². The maximum absolute atomic E-state index is 14.1. The molecule has 2 aromatic carbocycles. The van der Waals surface area contributed by atoms with Crippen LogP contribution in [0.15, 0.2) is 48.5 Å². The lowest BCUT2D eigenvalue weighted by Crippen LogP contribution is -2.44. The van der Waals surface area contributed by atoms with Crippen molar-refractivity contribution in [3.63, 3.8) is 0 Å². The van der Waals surface area contributed by atoms with Gasteiger partial charge in [-0.05, 0) is 61.2 Å². The molecule has 1 aliphatic rings. The summed E-state index contributed by atoms with van der Waals surface area (Å²) in [4.78, 5) is 31.9. The Morgan fingerprint density at radius 3 is 1.98 bits per heavy atom. The van der Waals surface area contributed by atoms with Crippen LogP contribution in [0.1, 0.15) is 49.1 Å². The van der Waals surface area contributed by atoms with E-state index in [0.29, 0.717) is 28.2 Å². The highest BCUT2D eigenvalue weighted by atomic mass is 16.5. The third-order valence-corrected chi connectivity index (χ3v) is 7.18. The molecule has 4 rings (SSSR count). The van der Waals surface area contributed by atoms with E-state index in [1.54, 1.807) is 62.4 Å². The van der Waals surface area contributed by atoms with Crippen molar-refractivity contribution in [1.82, 2.24) is 4.98 Å². The van der Waals surface area contributed by atoms with E-state index in [1.165, 1.54) is 14.2 Å². The fourth-order valence-electron chi connectivity index (χ4n) is 5.32. The number of esters is 2. The number of carbonyl (C=O) groups is 2. The number of allylic oxidation sites excluding steroid dienone is 2. The summed E-state index contributed by atoms with van der Waals surface area (Å²) in [6, 6.07) is 18.2. The van der Waals surface area contributed by atoms with E-state index in [0.717, 1.165) is 0 Å². The lowest BCUT2D eigenvalue weighted by atomic mass is 9.63. The number of ether oxygens (including phenoxy) is 4. The second kappa shape index (κ2) is 12.4. The molecular formula is C32H30N4O6. The van der Waals surface area contributed by atoms with E-state index in [1.807, 2.05) is 0 Å². The molecule has 0 saturated heterocycles. The Morgan fingerprint density at radius 2 is 1.48 bits per heavy atom. The van der Waals surface area contributed by atoms with Gasteiger partial charge < -0.3 is 24.7 Å². The van der Waals surface area contributed by atoms with Gasteiger partial charge in [0.05, 0.1) is 45.1 Å². The minimum absolute atomic E-state index is 0.00152. The molecule has 2 N–H and O–H groups in total. The first-order valence-electron chi connectivity index (χ1n) is 13.3. The summed E-state index contributed by atoms with van der Waals surface area (Å²) in [5.41, 5.74) is 6.96. The Labute approximate surface area is 243 Å². The maximum Gasteiger partial charge on any atom is 0.317 e. The standard InChI is InChI=1S/C32H30N4O6/c1-5-41-26(37)16-32(31(38)42-6-2)15-23(19-7-11-21(39-3)12-8-19)24(17-33)29-28(32)27(25(18-34)30(35)36-29)20-9-13-22(40-4)14-10-20/h7-14H,5-6,15-16H2,1-4H3,(H2,35,36). The first-order chi connectivity index (χ1) is 20.3. The average molecular weight is 567 g/mol. The summed E-state index contributed by atoms with van der Waals surface area (Å²) < 4.78 is 21.5. The summed E-state index contributed by atoms with van der Waals surface area (Å²) in [6.45, 7) is 3.44. The highest BCUT2D eigenvalue weighted by Crippen LogP contribution is 2.53. The van der Waals surface area contributed by atoms with E-state index < -0.39 is 23.8 Å². The Bertz CT molecular complexity index is 1630. The van der Waals surface area contributed by atoms with E-state index in [4.69, 9.17) is 24.7 Å². The zero-order valence-corrected chi connectivity index (χ0v) is 23.8. The van der Waals surface area contributed by atoms with Crippen LogP contribution in [0, 0.1) is 22.7 Å². The normalized spacial score (nSPS) is 15.6. The summed E-state index contributed by atoms with van der Waals surface area (Å²) in [7, 11) is 3.06. The molecule has 0 radical (unpaired) electrons. The number of rotatable bonds is 9. The number of anilines is 1. The van der Waals surface area contributed by atoms with Crippen molar-refractivity contribution in [1.29, 1.82) is 10.5 Å². The van der Waals surface area contributed by atoms with Crippen molar-refractivity contribution in [2.45, 2.75) is 32.1 Å². The Morgan fingerprint density at radius 1 is 0.905 bits per heavy atom. The lowest BCUT2D eigenvalue weighted by Gasteiger charge is -2.39. The molecule has 42 heavy (non-hydrogen) atoms. The van der Waals surface area contributed by atoms with Gasteiger partial charge in [0, 0.05) is 11.1 Å². The maximum atomic E-state index is 14.1. The predicted molar refractivity (Wildman–Crippen MR) is 155 cm³/mol. The molecule has 1 aromatic heterocycles. The van der Waals surface area contributed by atoms with Gasteiger partial charge in [-0.1, -0.05) is 24.3 Å². The fraction of sp³-hybridized carbons (Fsp3) is 0.281. The number of pyridine rings is 1. The van der Waals surface area contributed by atoms with Gasteiger partial charge in [-0.15, -0.1) is 0 Å². The van der Waals surface area contributed by atoms with Gasteiger partial charge in [0.25, 0.3) is 0 Å². The van der Waals surface area contributed by atoms with Crippen LogP contribution in [0.2, 0.25) is 0 Å². The van der Waals surface area contributed by atoms with Gasteiger partial charge in [-0.3, -0.25) is 9.59 Å². The second-order valence-corrected chi connectivity index (χ2v) is 9.47. The molecule has 0 fully saturated rings. The van der Waals surface area contributed by atoms with Crippen LogP contribution >= 0.6 is 0 Å². The van der Waals surface area contributed by atoms with Crippen LogP contribution < -0.4 is 15.2 Å². The lowest BCUT2D eigenvalue weighted by molar-refractivity contribution is -0.156. The highest BCUT2D eigenvalue weighted by Gasteiger charge is 2.52. The molecule has 0 bridgehead atoms. The van der Waals surface area contributed by atoms with Gasteiger partial charge in [0.2, 0.25) is 0 Å². The number of benzene rings is 2. The first kappa shape index (κ1) is 29.6. The topological polar surface area (TPSA) is 158 Å². The highest BCUT2D eigenvalue weighted by molar-refractivity contribution is 6.07. The number of hydrogen-bond donors (Lipinski definition) is 1.